The Labute approximate surface area is 180 Å². The molecule has 0 bridgehead atoms. The Morgan fingerprint density at radius 3 is 2.57 bits per heavy atom. The normalized spacial score (nSPS) is 15.1. The first-order valence-electron chi connectivity index (χ1n) is 10.0. The molecule has 1 aliphatic heterocycles. The molecule has 1 fully saturated rings. The van der Waals surface area contributed by atoms with Crippen molar-refractivity contribution in [1.29, 1.82) is 0 Å². The molecule has 1 aliphatic rings. The fourth-order valence-corrected chi connectivity index (χ4v) is 4.19. The molecule has 0 spiro atoms. The molecule has 30 heavy (non-hydrogen) atoms. The number of nitrogens with zero attached hydrogens (tertiary/aromatic N) is 3. The summed E-state index contributed by atoms with van der Waals surface area (Å²) in [6, 6.07) is 14.0. The molecule has 9 heteroatoms. The van der Waals surface area contributed by atoms with Crippen LogP contribution in [-0.2, 0) is 9.59 Å². The Bertz CT molecular complexity index is 894. The Kier molecular flexibility index (Phi) is 7.92. The summed E-state index contributed by atoms with van der Waals surface area (Å²) in [4.78, 5) is 32.6. The van der Waals surface area contributed by atoms with Gasteiger partial charge in [-0.15, -0.1) is 0 Å². The summed E-state index contributed by atoms with van der Waals surface area (Å²) in [5.74, 6) is 0.0971. The molecule has 0 aliphatic carbocycles. The monoisotopic (exact) mass is 428 g/mol. The first kappa shape index (κ1) is 21.9. The largest absolute Gasteiger partial charge is 0.370 e. The van der Waals surface area contributed by atoms with E-state index in [1.807, 2.05) is 23.1 Å². The van der Waals surface area contributed by atoms with Crippen molar-refractivity contribution in [3.63, 3.8) is 0 Å². The average Bonchev–Trinajstić information content (AvgIpc) is 2.78. The van der Waals surface area contributed by atoms with Crippen molar-refractivity contribution in [2.45, 2.75) is 23.8 Å². The van der Waals surface area contributed by atoms with Crippen molar-refractivity contribution in [3.05, 3.63) is 42.5 Å². The summed E-state index contributed by atoms with van der Waals surface area (Å²) in [5.41, 5.74) is 10.8. The molecule has 2 aromatic carbocycles. The maximum absolute atomic E-state index is 13.1. The maximum atomic E-state index is 13.1. The molecule has 3 rings (SSSR count). The number of rotatable bonds is 9. The van der Waals surface area contributed by atoms with Gasteiger partial charge in [-0.1, -0.05) is 30.3 Å². The average molecular weight is 429 g/mol. The van der Waals surface area contributed by atoms with E-state index in [4.69, 9.17) is 11.5 Å². The van der Waals surface area contributed by atoms with E-state index in [-0.39, 0.29) is 17.9 Å². The molecule has 2 aromatic rings. The predicted molar refractivity (Wildman–Crippen MR) is 121 cm³/mol. The van der Waals surface area contributed by atoms with Gasteiger partial charge in [-0.05, 0) is 47.7 Å². The first-order chi connectivity index (χ1) is 14.6. The number of amides is 2. The predicted octanol–water partition coefficient (Wildman–Crippen LogP) is 1.16. The maximum Gasteiger partial charge on any atom is 0.240 e. The van der Waals surface area contributed by atoms with Gasteiger partial charge in [0, 0.05) is 37.6 Å². The van der Waals surface area contributed by atoms with E-state index in [1.165, 1.54) is 17.3 Å². The summed E-state index contributed by atoms with van der Waals surface area (Å²) in [6.07, 6.45) is 2.14. The van der Waals surface area contributed by atoms with E-state index in [1.54, 1.807) is 4.90 Å². The molecule has 160 valence electrons. The molecule has 1 heterocycles. The van der Waals surface area contributed by atoms with Gasteiger partial charge in [0.1, 0.15) is 0 Å². The Morgan fingerprint density at radius 1 is 1.13 bits per heavy atom. The minimum Gasteiger partial charge on any atom is -0.370 e. The molecule has 2 amide bonds. The highest BCUT2D eigenvalue weighted by Gasteiger charge is 2.27. The third kappa shape index (κ3) is 6.11. The van der Waals surface area contributed by atoms with Gasteiger partial charge in [-0.2, -0.15) is 0 Å². The van der Waals surface area contributed by atoms with Crippen molar-refractivity contribution >= 4 is 41.0 Å². The van der Waals surface area contributed by atoms with Gasteiger partial charge in [-0.25, -0.2) is 4.72 Å². The number of nitrogens with two attached hydrogens (primary N) is 2. The zero-order chi connectivity index (χ0) is 21.3. The second kappa shape index (κ2) is 10.8. The zero-order valence-electron chi connectivity index (χ0n) is 16.9. The van der Waals surface area contributed by atoms with Crippen LogP contribution >= 0.6 is 11.9 Å². The Hall–Kier alpha value is -2.78. The molecule has 5 N–H and O–H groups in total. The zero-order valence-corrected chi connectivity index (χ0v) is 17.7. The standard InChI is InChI=1S/C21H28N6O2S/c22-21(23)24-9-3-6-19(20(29)27-12-10-26(15-28)11-13-27)25-30-18-8-7-16-4-1-2-5-17(16)14-18/h1-2,4-5,7-8,14-15,19,25H,3,6,9-13H2,(H4,22,23,24). The van der Waals surface area contributed by atoms with Crippen LogP contribution in [0.3, 0.4) is 0 Å². The lowest BCUT2D eigenvalue weighted by molar-refractivity contribution is -0.136. The van der Waals surface area contributed by atoms with Crippen LogP contribution in [0.4, 0.5) is 0 Å². The number of aliphatic imine (C=N–C) groups is 1. The minimum absolute atomic E-state index is 0.0403. The fourth-order valence-electron chi connectivity index (χ4n) is 3.37. The van der Waals surface area contributed by atoms with Crippen LogP contribution in [0.25, 0.3) is 10.8 Å². The molecular formula is C21H28N6O2S. The molecular weight excluding hydrogens is 400 g/mol. The molecule has 8 nitrogen and oxygen atoms in total. The van der Waals surface area contributed by atoms with Crippen LogP contribution < -0.4 is 16.2 Å². The molecule has 0 radical (unpaired) electrons. The summed E-state index contributed by atoms with van der Waals surface area (Å²) < 4.78 is 3.34. The van der Waals surface area contributed by atoms with Crippen molar-refractivity contribution in [1.82, 2.24) is 14.5 Å². The van der Waals surface area contributed by atoms with E-state index < -0.39 is 0 Å². The van der Waals surface area contributed by atoms with Crippen LogP contribution in [-0.4, -0.2) is 66.8 Å². The lowest BCUT2D eigenvalue weighted by Gasteiger charge is -2.34. The highest BCUT2D eigenvalue weighted by atomic mass is 32.2. The van der Waals surface area contributed by atoms with Crippen molar-refractivity contribution in [2.75, 3.05) is 32.7 Å². The van der Waals surface area contributed by atoms with E-state index in [0.717, 1.165) is 16.7 Å². The number of carbonyl (C=O) groups is 2. The van der Waals surface area contributed by atoms with Crippen LogP contribution in [0.5, 0.6) is 0 Å². The van der Waals surface area contributed by atoms with Gasteiger partial charge >= 0.3 is 0 Å². The van der Waals surface area contributed by atoms with E-state index in [2.05, 4.69) is 34.0 Å². The molecule has 1 unspecified atom stereocenters. The minimum atomic E-state index is -0.363. The quantitative estimate of drug-likeness (QED) is 0.181. The van der Waals surface area contributed by atoms with Crippen LogP contribution in [0.2, 0.25) is 0 Å². The highest BCUT2D eigenvalue weighted by molar-refractivity contribution is 7.97. The molecule has 0 saturated carbocycles. The fraction of sp³-hybridized carbons (Fsp3) is 0.381. The highest BCUT2D eigenvalue weighted by Crippen LogP contribution is 2.23. The van der Waals surface area contributed by atoms with Gasteiger partial charge in [0.15, 0.2) is 5.96 Å². The molecule has 1 atom stereocenters. The van der Waals surface area contributed by atoms with Crippen molar-refractivity contribution in [2.24, 2.45) is 16.5 Å². The van der Waals surface area contributed by atoms with Crippen molar-refractivity contribution < 1.29 is 9.59 Å². The Balaban J connectivity index is 1.64. The summed E-state index contributed by atoms with van der Waals surface area (Å²) in [7, 11) is 0. The first-order valence-corrected chi connectivity index (χ1v) is 10.8. The number of benzene rings is 2. The number of guanidine groups is 1. The number of nitrogens with one attached hydrogen (secondary N) is 1. The number of fused-ring (bicyclic) bond motifs is 1. The van der Waals surface area contributed by atoms with Gasteiger partial charge in [0.05, 0.1) is 6.04 Å². The third-order valence-electron chi connectivity index (χ3n) is 5.06. The number of hydrogen-bond acceptors (Lipinski definition) is 5. The third-order valence-corrected chi connectivity index (χ3v) is 5.95. The second-order valence-corrected chi connectivity index (χ2v) is 8.11. The van der Waals surface area contributed by atoms with Gasteiger partial charge in [-0.3, -0.25) is 14.6 Å². The van der Waals surface area contributed by atoms with Gasteiger partial charge in [0.25, 0.3) is 0 Å². The topological polar surface area (TPSA) is 117 Å². The summed E-state index contributed by atoms with van der Waals surface area (Å²) >= 11 is 1.46. The number of carbonyl (C=O) groups excluding carboxylic acids is 2. The summed E-state index contributed by atoms with van der Waals surface area (Å²) in [6.45, 7) is 2.70. The van der Waals surface area contributed by atoms with E-state index >= 15 is 0 Å². The number of hydrogen-bond donors (Lipinski definition) is 3. The Morgan fingerprint density at radius 2 is 1.87 bits per heavy atom. The van der Waals surface area contributed by atoms with E-state index in [9.17, 15) is 9.59 Å². The lowest BCUT2D eigenvalue weighted by atomic mass is 10.1. The number of piperazine rings is 1. The van der Waals surface area contributed by atoms with Crippen LogP contribution in [0.1, 0.15) is 12.8 Å². The SMILES string of the molecule is NC(N)=NCCCC(NSc1ccc2ccccc2c1)C(=O)N1CCN(C=O)CC1. The molecule has 0 aromatic heterocycles. The van der Waals surface area contributed by atoms with Gasteiger partial charge < -0.3 is 21.3 Å². The smallest absolute Gasteiger partial charge is 0.240 e. The van der Waals surface area contributed by atoms with Crippen LogP contribution in [0.15, 0.2) is 52.4 Å². The van der Waals surface area contributed by atoms with Crippen molar-refractivity contribution in [3.8, 4) is 0 Å². The molecule has 1 saturated heterocycles. The lowest BCUT2D eigenvalue weighted by Crippen LogP contribution is -2.53. The van der Waals surface area contributed by atoms with Crippen LogP contribution in [0, 0.1) is 0 Å². The summed E-state index contributed by atoms with van der Waals surface area (Å²) in [5, 5.41) is 2.34. The second-order valence-electron chi connectivity index (χ2n) is 7.20. The van der Waals surface area contributed by atoms with E-state index in [0.29, 0.717) is 45.6 Å². The van der Waals surface area contributed by atoms with Gasteiger partial charge in [0.2, 0.25) is 12.3 Å².